The Kier molecular flexibility index (Phi) is 5.74. The molecular formula is C13H13ClN2O2S. The number of halogens is 1. The van der Waals surface area contributed by atoms with Crippen LogP contribution in [0, 0.1) is 11.3 Å². The lowest BCUT2D eigenvalue weighted by Gasteiger charge is -2.22. The molecule has 0 heterocycles. The molecule has 0 saturated heterocycles. The van der Waals surface area contributed by atoms with Gasteiger partial charge in [0.25, 0.3) is 0 Å². The standard InChI is InChI=1S/C13H13ClN2O2S/c1-16(10-6-4-5-9(14)7-10)12(19-3)11(8-15)13(17)18-2/h4-7H,1-3H3/b12-11-. The topological polar surface area (TPSA) is 53.3 Å². The quantitative estimate of drug-likeness (QED) is 0.485. The normalized spacial score (nSPS) is 11.3. The minimum absolute atomic E-state index is 0.0301. The van der Waals surface area contributed by atoms with Gasteiger partial charge >= 0.3 is 5.97 Å². The molecule has 0 saturated carbocycles. The van der Waals surface area contributed by atoms with Crippen molar-refractivity contribution < 1.29 is 9.53 Å². The second kappa shape index (κ2) is 7.07. The maximum Gasteiger partial charge on any atom is 0.351 e. The summed E-state index contributed by atoms with van der Waals surface area (Å²) in [6.07, 6.45) is 1.79. The summed E-state index contributed by atoms with van der Waals surface area (Å²) in [5.41, 5.74) is 0.756. The summed E-state index contributed by atoms with van der Waals surface area (Å²) in [4.78, 5) is 13.3. The van der Waals surface area contributed by atoms with Crippen LogP contribution in [0.15, 0.2) is 34.9 Å². The molecule has 0 fully saturated rings. The van der Waals surface area contributed by atoms with E-state index in [-0.39, 0.29) is 5.57 Å². The molecule has 6 heteroatoms. The van der Waals surface area contributed by atoms with Gasteiger partial charge in [-0.2, -0.15) is 5.26 Å². The zero-order valence-electron chi connectivity index (χ0n) is 10.8. The van der Waals surface area contributed by atoms with Crippen molar-refractivity contribution in [2.45, 2.75) is 0 Å². The maximum atomic E-state index is 11.6. The van der Waals surface area contributed by atoms with E-state index in [1.54, 1.807) is 36.4 Å². The first-order valence-corrected chi connectivity index (χ1v) is 6.91. The van der Waals surface area contributed by atoms with Crippen LogP contribution in [-0.2, 0) is 9.53 Å². The van der Waals surface area contributed by atoms with Crippen molar-refractivity contribution in [3.8, 4) is 6.07 Å². The van der Waals surface area contributed by atoms with Gasteiger partial charge in [-0.15, -0.1) is 11.8 Å². The van der Waals surface area contributed by atoms with E-state index in [0.29, 0.717) is 10.1 Å². The summed E-state index contributed by atoms with van der Waals surface area (Å²) in [7, 11) is 3.01. The van der Waals surface area contributed by atoms with Gasteiger partial charge in [-0.05, 0) is 24.5 Å². The molecule has 0 aliphatic heterocycles. The van der Waals surface area contributed by atoms with Crippen molar-refractivity contribution in [3.05, 3.63) is 39.9 Å². The van der Waals surface area contributed by atoms with Gasteiger partial charge < -0.3 is 9.64 Å². The van der Waals surface area contributed by atoms with Crippen LogP contribution in [-0.4, -0.2) is 26.4 Å². The van der Waals surface area contributed by atoms with Crippen LogP contribution in [0.4, 0.5) is 5.69 Å². The Labute approximate surface area is 121 Å². The number of methoxy groups -OCH3 is 1. The first-order valence-electron chi connectivity index (χ1n) is 5.31. The first-order chi connectivity index (χ1) is 9.04. The summed E-state index contributed by atoms with van der Waals surface area (Å²) >= 11 is 7.23. The van der Waals surface area contributed by atoms with Crippen LogP contribution in [0.3, 0.4) is 0 Å². The zero-order chi connectivity index (χ0) is 14.4. The summed E-state index contributed by atoms with van der Waals surface area (Å²) in [6.45, 7) is 0. The molecule has 0 aliphatic rings. The van der Waals surface area contributed by atoms with Crippen molar-refractivity contribution >= 4 is 35.0 Å². The van der Waals surface area contributed by atoms with E-state index in [2.05, 4.69) is 4.74 Å². The van der Waals surface area contributed by atoms with Gasteiger partial charge in [0.15, 0.2) is 5.57 Å². The number of ether oxygens (including phenoxy) is 1. The molecule has 100 valence electrons. The fourth-order valence-electron chi connectivity index (χ4n) is 1.49. The number of carbonyl (C=O) groups excluding carboxylic acids is 1. The van der Waals surface area contributed by atoms with E-state index in [0.717, 1.165) is 5.69 Å². The number of nitrogens with zero attached hydrogens (tertiary/aromatic N) is 2. The molecule has 0 unspecified atom stereocenters. The highest BCUT2D eigenvalue weighted by atomic mass is 35.5. The lowest BCUT2D eigenvalue weighted by molar-refractivity contribution is -0.135. The summed E-state index contributed by atoms with van der Waals surface area (Å²) in [5.74, 6) is -0.652. The Morgan fingerprint density at radius 2 is 2.21 bits per heavy atom. The molecule has 0 bridgehead atoms. The number of esters is 1. The summed E-state index contributed by atoms with van der Waals surface area (Å²) < 4.78 is 4.61. The van der Waals surface area contributed by atoms with Gasteiger partial charge in [0.1, 0.15) is 11.1 Å². The molecule has 0 radical (unpaired) electrons. The Hall–Kier alpha value is -1.64. The smallest absolute Gasteiger partial charge is 0.351 e. The van der Waals surface area contributed by atoms with Crippen molar-refractivity contribution in [3.63, 3.8) is 0 Å². The number of anilines is 1. The lowest BCUT2D eigenvalue weighted by atomic mass is 10.2. The molecule has 0 N–H and O–H groups in total. The SMILES string of the molecule is COC(=O)/C(C#N)=C(\SC)N(C)c1cccc(Cl)c1. The zero-order valence-corrected chi connectivity index (χ0v) is 12.4. The third-order valence-corrected chi connectivity index (χ3v) is 3.51. The second-order valence-electron chi connectivity index (χ2n) is 3.53. The van der Waals surface area contributed by atoms with Crippen molar-refractivity contribution in [2.75, 3.05) is 25.3 Å². The number of nitriles is 1. The highest BCUT2D eigenvalue weighted by Gasteiger charge is 2.19. The fraction of sp³-hybridized carbons (Fsp3) is 0.231. The highest BCUT2D eigenvalue weighted by Crippen LogP contribution is 2.28. The van der Waals surface area contributed by atoms with E-state index in [4.69, 9.17) is 16.9 Å². The summed E-state index contributed by atoms with van der Waals surface area (Å²) in [5, 5.41) is 10.2. The fourth-order valence-corrected chi connectivity index (χ4v) is 2.39. The van der Waals surface area contributed by atoms with Gasteiger partial charge in [-0.3, -0.25) is 0 Å². The van der Waals surface area contributed by atoms with Gasteiger partial charge in [0, 0.05) is 17.8 Å². The van der Waals surface area contributed by atoms with E-state index < -0.39 is 5.97 Å². The summed E-state index contributed by atoms with van der Waals surface area (Å²) in [6, 6.07) is 9.03. The molecule has 1 aromatic rings. The van der Waals surface area contributed by atoms with Crippen LogP contribution < -0.4 is 4.90 Å². The lowest BCUT2D eigenvalue weighted by Crippen LogP contribution is -2.19. The molecular weight excluding hydrogens is 284 g/mol. The predicted octanol–water partition coefficient (Wildman–Crippen LogP) is 3.05. The molecule has 0 amide bonds. The average Bonchev–Trinajstić information content (AvgIpc) is 2.43. The van der Waals surface area contributed by atoms with Crippen LogP contribution in [0.5, 0.6) is 0 Å². The number of benzene rings is 1. The van der Waals surface area contributed by atoms with Gasteiger partial charge in [-0.25, -0.2) is 4.79 Å². The monoisotopic (exact) mass is 296 g/mol. The van der Waals surface area contributed by atoms with E-state index >= 15 is 0 Å². The van der Waals surface area contributed by atoms with Gasteiger partial charge in [0.2, 0.25) is 0 Å². The second-order valence-corrected chi connectivity index (χ2v) is 4.76. The Morgan fingerprint density at radius 3 is 2.68 bits per heavy atom. The minimum atomic E-state index is -0.652. The van der Waals surface area contributed by atoms with Crippen LogP contribution in [0.1, 0.15) is 0 Å². The van der Waals surface area contributed by atoms with Crippen LogP contribution in [0.2, 0.25) is 5.02 Å². The molecule has 0 atom stereocenters. The number of carbonyl (C=O) groups is 1. The van der Waals surface area contributed by atoms with Crippen molar-refractivity contribution in [1.82, 2.24) is 0 Å². The average molecular weight is 297 g/mol. The van der Waals surface area contributed by atoms with Gasteiger partial charge in [0.05, 0.1) is 7.11 Å². The Balaban J connectivity index is 3.26. The molecule has 0 spiro atoms. The molecule has 0 aliphatic carbocycles. The third-order valence-electron chi connectivity index (χ3n) is 2.41. The van der Waals surface area contributed by atoms with Crippen LogP contribution >= 0.6 is 23.4 Å². The molecule has 4 nitrogen and oxygen atoms in total. The number of thioether (sulfide) groups is 1. The number of rotatable bonds is 4. The van der Waals surface area contributed by atoms with E-state index in [1.165, 1.54) is 18.9 Å². The third kappa shape index (κ3) is 3.66. The van der Waals surface area contributed by atoms with Crippen molar-refractivity contribution in [1.29, 1.82) is 5.26 Å². The van der Waals surface area contributed by atoms with Crippen LogP contribution in [0.25, 0.3) is 0 Å². The largest absolute Gasteiger partial charge is 0.465 e. The molecule has 19 heavy (non-hydrogen) atoms. The van der Waals surface area contributed by atoms with Gasteiger partial charge in [-0.1, -0.05) is 17.7 Å². The predicted molar refractivity (Wildman–Crippen MR) is 78.0 cm³/mol. The Bertz CT molecular complexity index is 552. The van der Waals surface area contributed by atoms with Crippen molar-refractivity contribution in [2.24, 2.45) is 0 Å². The minimum Gasteiger partial charge on any atom is -0.465 e. The van der Waals surface area contributed by atoms with E-state index in [1.807, 2.05) is 12.1 Å². The first kappa shape index (κ1) is 15.4. The van der Waals surface area contributed by atoms with E-state index in [9.17, 15) is 4.79 Å². The number of hydrogen-bond donors (Lipinski definition) is 0. The maximum absolute atomic E-state index is 11.6. The molecule has 0 aromatic heterocycles. The highest BCUT2D eigenvalue weighted by molar-refractivity contribution is 8.02. The number of hydrogen-bond acceptors (Lipinski definition) is 5. The molecule has 1 aromatic carbocycles. The Morgan fingerprint density at radius 1 is 1.53 bits per heavy atom. The molecule has 1 rings (SSSR count).